The zero-order valence-corrected chi connectivity index (χ0v) is 14.8. The zero-order valence-electron chi connectivity index (χ0n) is 14.0. The number of nitrogens with one attached hydrogen (secondary N) is 1. The van der Waals surface area contributed by atoms with Gasteiger partial charge in [0.1, 0.15) is 0 Å². The van der Waals surface area contributed by atoms with Gasteiger partial charge in [-0.2, -0.15) is 0 Å². The summed E-state index contributed by atoms with van der Waals surface area (Å²) in [4.78, 5) is 3.10. The summed E-state index contributed by atoms with van der Waals surface area (Å²) < 4.78 is 0. The monoisotopic (exact) mass is 303 g/mol. The summed E-state index contributed by atoms with van der Waals surface area (Å²) in [5.74, 6) is 2.02. The highest BCUT2D eigenvalue weighted by atomic mass is 32.1. The SMILES string of the molecule is CNC(c1sc(C)cc1C)C12CC3CC(CC(C)(C3)C1)C2. The van der Waals surface area contributed by atoms with Crippen LogP contribution in [0.25, 0.3) is 0 Å². The predicted molar refractivity (Wildman–Crippen MR) is 90.8 cm³/mol. The first-order valence-electron chi connectivity index (χ1n) is 8.67. The van der Waals surface area contributed by atoms with Gasteiger partial charge in [0.25, 0.3) is 0 Å². The van der Waals surface area contributed by atoms with Crippen LogP contribution in [0.2, 0.25) is 0 Å². The molecule has 1 N–H and O–H groups in total. The van der Waals surface area contributed by atoms with Crippen LogP contribution in [0.15, 0.2) is 6.07 Å². The van der Waals surface area contributed by atoms with Crippen molar-refractivity contribution in [1.29, 1.82) is 0 Å². The third-order valence-electron chi connectivity index (χ3n) is 6.64. The van der Waals surface area contributed by atoms with Gasteiger partial charge in [-0.1, -0.05) is 6.92 Å². The maximum absolute atomic E-state index is 3.76. The van der Waals surface area contributed by atoms with Crippen molar-refractivity contribution in [2.45, 2.75) is 65.3 Å². The van der Waals surface area contributed by atoms with E-state index in [0.29, 0.717) is 16.9 Å². The average Bonchev–Trinajstić information content (AvgIpc) is 2.65. The van der Waals surface area contributed by atoms with Crippen molar-refractivity contribution in [3.63, 3.8) is 0 Å². The molecule has 0 saturated heterocycles. The predicted octanol–water partition coefficient (Wildman–Crippen LogP) is 5.23. The molecule has 1 aromatic heterocycles. The number of hydrogen-bond donors (Lipinski definition) is 1. The molecule has 1 heterocycles. The van der Waals surface area contributed by atoms with E-state index in [1.54, 1.807) is 4.88 Å². The Labute approximate surface area is 133 Å². The van der Waals surface area contributed by atoms with Crippen LogP contribution in [0.5, 0.6) is 0 Å². The van der Waals surface area contributed by atoms with Crippen LogP contribution < -0.4 is 5.32 Å². The molecule has 0 aromatic carbocycles. The number of rotatable bonds is 3. The quantitative estimate of drug-likeness (QED) is 0.806. The fraction of sp³-hybridized carbons (Fsp3) is 0.789. The topological polar surface area (TPSA) is 12.0 Å². The third-order valence-corrected chi connectivity index (χ3v) is 7.86. The Morgan fingerprint density at radius 2 is 1.86 bits per heavy atom. The number of hydrogen-bond acceptors (Lipinski definition) is 2. The standard InChI is InChI=1S/C19H29NS/c1-12-5-13(2)21-16(12)17(20-4)19-9-14-6-15(10-19)8-18(3,7-14)11-19/h5,14-15,17,20H,6-11H2,1-4H3. The molecule has 4 aliphatic rings. The van der Waals surface area contributed by atoms with Gasteiger partial charge in [-0.15, -0.1) is 11.3 Å². The highest BCUT2D eigenvalue weighted by Crippen LogP contribution is 2.68. The largest absolute Gasteiger partial charge is 0.312 e. The van der Waals surface area contributed by atoms with Gasteiger partial charge in [0.2, 0.25) is 0 Å². The second kappa shape index (κ2) is 4.58. The zero-order chi connectivity index (χ0) is 14.8. The van der Waals surface area contributed by atoms with E-state index in [0.717, 1.165) is 11.8 Å². The molecule has 0 amide bonds. The summed E-state index contributed by atoms with van der Waals surface area (Å²) >= 11 is 2.03. The fourth-order valence-corrected chi connectivity index (χ4v) is 8.09. The summed E-state index contributed by atoms with van der Waals surface area (Å²) in [6, 6.07) is 2.97. The van der Waals surface area contributed by atoms with Gasteiger partial charge >= 0.3 is 0 Å². The molecule has 4 aliphatic carbocycles. The first kappa shape index (κ1) is 14.3. The van der Waals surface area contributed by atoms with E-state index in [-0.39, 0.29) is 0 Å². The van der Waals surface area contributed by atoms with Crippen LogP contribution in [0.1, 0.15) is 66.8 Å². The van der Waals surface area contributed by atoms with E-state index < -0.39 is 0 Å². The van der Waals surface area contributed by atoms with Crippen LogP contribution in [0, 0.1) is 36.5 Å². The van der Waals surface area contributed by atoms with Crippen molar-refractivity contribution < 1.29 is 0 Å². The molecule has 2 heteroatoms. The molecule has 0 aliphatic heterocycles. The first-order valence-corrected chi connectivity index (χ1v) is 9.49. The van der Waals surface area contributed by atoms with Gasteiger partial charge in [-0.25, -0.2) is 0 Å². The molecule has 116 valence electrons. The van der Waals surface area contributed by atoms with Crippen LogP contribution in [-0.4, -0.2) is 7.05 Å². The summed E-state index contributed by atoms with van der Waals surface area (Å²) in [6.45, 7) is 7.15. The van der Waals surface area contributed by atoms with Crippen LogP contribution in [-0.2, 0) is 0 Å². The number of aryl methyl sites for hydroxylation is 2. The third kappa shape index (κ3) is 2.13. The Balaban J connectivity index is 1.75. The highest BCUT2D eigenvalue weighted by molar-refractivity contribution is 7.12. The van der Waals surface area contributed by atoms with Gasteiger partial charge < -0.3 is 5.32 Å². The Kier molecular flexibility index (Phi) is 3.11. The Hall–Kier alpha value is -0.340. The molecule has 3 atom stereocenters. The van der Waals surface area contributed by atoms with Gasteiger partial charge in [-0.3, -0.25) is 0 Å². The van der Waals surface area contributed by atoms with Crippen molar-refractivity contribution >= 4 is 11.3 Å². The van der Waals surface area contributed by atoms with Crippen LogP contribution >= 0.6 is 11.3 Å². The molecule has 3 unspecified atom stereocenters. The molecular weight excluding hydrogens is 274 g/mol. The smallest absolute Gasteiger partial charge is 0.0472 e. The summed E-state index contributed by atoms with van der Waals surface area (Å²) in [6.07, 6.45) is 8.93. The minimum atomic E-state index is 0.537. The van der Waals surface area contributed by atoms with E-state index in [9.17, 15) is 0 Å². The molecule has 0 radical (unpaired) electrons. The Morgan fingerprint density at radius 1 is 1.19 bits per heavy atom. The first-order chi connectivity index (χ1) is 9.93. The van der Waals surface area contributed by atoms with E-state index >= 15 is 0 Å². The van der Waals surface area contributed by atoms with Gasteiger partial charge in [-0.05, 0) is 93.7 Å². The highest BCUT2D eigenvalue weighted by Gasteiger charge is 2.58. The van der Waals surface area contributed by atoms with Crippen molar-refractivity contribution in [2.75, 3.05) is 7.05 Å². The Morgan fingerprint density at radius 3 is 2.33 bits per heavy atom. The van der Waals surface area contributed by atoms with E-state index in [1.807, 2.05) is 11.3 Å². The lowest BCUT2D eigenvalue weighted by molar-refractivity contribution is -0.117. The minimum Gasteiger partial charge on any atom is -0.312 e. The van der Waals surface area contributed by atoms with Crippen molar-refractivity contribution in [3.8, 4) is 0 Å². The van der Waals surface area contributed by atoms with Crippen molar-refractivity contribution in [1.82, 2.24) is 5.32 Å². The van der Waals surface area contributed by atoms with Crippen molar-refractivity contribution in [3.05, 3.63) is 21.4 Å². The fourth-order valence-electron chi connectivity index (χ4n) is 6.80. The second-order valence-corrected chi connectivity index (χ2v) is 10.0. The summed E-state index contributed by atoms with van der Waals surface area (Å²) in [7, 11) is 2.19. The maximum Gasteiger partial charge on any atom is 0.0472 e. The van der Waals surface area contributed by atoms with E-state index in [2.05, 4.69) is 39.2 Å². The van der Waals surface area contributed by atoms with Gasteiger partial charge in [0, 0.05) is 15.8 Å². The van der Waals surface area contributed by atoms with E-state index in [4.69, 9.17) is 0 Å². The Bertz CT molecular complexity index is 544. The normalized spacial score (nSPS) is 42.5. The molecule has 1 aromatic rings. The van der Waals surface area contributed by atoms with Gasteiger partial charge in [0.05, 0.1) is 0 Å². The minimum absolute atomic E-state index is 0.537. The van der Waals surface area contributed by atoms with Crippen LogP contribution in [0.3, 0.4) is 0 Å². The molecule has 1 nitrogen and oxygen atoms in total. The summed E-state index contributed by atoms with van der Waals surface area (Å²) in [5.41, 5.74) is 2.69. The number of thiophene rings is 1. The molecule has 4 bridgehead atoms. The molecule has 21 heavy (non-hydrogen) atoms. The molecule has 5 rings (SSSR count). The maximum atomic E-state index is 3.76. The van der Waals surface area contributed by atoms with Crippen molar-refractivity contribution in [2.24, 2.45) is 22.7 Å². The molecule has 0 spiro atoms. The van der Waals surface area contributed by atoms with Gasteiger partial charge in [0.15, 0.2) is 0 Å². The second-order valence-electron chi connectivity index (χ2n) is 8.76. The molecular formula is C19H29NS. The molecule has 4 fully saturated rings. The lowest BCUT2D eigenvalue weighted by Crippen LogP contribution is -2.54. The average molecular weight is 304 g/mol. The lowest BCUT2D eigenvalue weighted by Gasteiger charge is -2.63. The molecule has 4 saturated carbocycles. The van der Waals surface area contributed by atoms with Crippen LogP contribution in [0.4, 0.5) is 0 Å². The lowest BCUT2D eigenvalue weighted by atomic mass is 9.43. The van der Waals surface area contributed by atoms with E-state index in [1.165, 1.54) is 49.0 Å². The summed E-state index contributed by atoms with van der Waals surface area (Å²) in [5, 5.41) is 3.76.